The van der Waals surface area contributed by atoms with E-state index in [1.165, 1.54) is 13.0 Å². The van der Waals surface area contributed by atoms with Crippen molar-refractivity contribution in [1.29, 1.82) is 5.26 Å². The normalized spacial score (nSPS) is 11.1. The number of nitrogens with zero attached hydrogens (tertiary/aromatic N) is 1. The fourth-order valence-corrected chi connectivity index (χ4v) is 1.46. The van der Waals surface area contributed by atoms with Gasteiger partial charge in [-0.3, -0.25) is 5.32 Å². The first-order valence-electron chi connectivity index (χ1n) is 6.71. The average Bonchev–Trinajstić information content (AvgIpc) is 2.47. The highest BCUT2D eigenvalue weighted by Crippen LogP contribution is 2.10. The van der Waals surface area contributed by atoms with Crippen LogP contribution in [0.1, 0.15) is 32.3 Å². The number of rotatable bonds is 6. The summed E-state index contributed by atoms with van der Waals surface area (Å²) in [4.78, 5) is 23.2. The van der Waals surface area contributed by atoms with Gasteiger partial charge in [0.1, 0.15) is 0 Å². The molecule has 1 atom stereocenters. The van der Waals surface area contributed by atoms with Gasteiger partial charge in [-0.25, -0.2) is 9.59 Å². The summed E-state index contributed by atoms with van der Waals surface area (Å²) < 4.78 is 9.86. The number of carbonyl (C=O) groups excluding carboxylic acids is 2. The van der Waals surface area contributed by atoms with Gasteiger partial charge < -0.3 is 9.47 Å². The average molecular weight is 290 g/mol. The molecule has 1 amide bonds. The Labute approximate surface area is 123 Å². The van der Waals surface area contributed by atoms with Gasteiger partial charge in [0.05, 0.1) is 18.2 Å². The number of esters is 1. The summed E-state index contributed by atoms with van der Waals surface area (Å²) in [5.41, 5.74) is 0.838. The third-order valence-electron chi connectivity index (χ3n) is 2.60. The number of amides is 1. The number of nitriles is 1. The quantitative estimate of drug-likeness (QED) is 0.643. The Kier molecular flexibility index (Phi) is 6.75. The molecule has 1 aromatic carbocycles. The van der Waals surface area contributed by atoms with Crippen molar-refractivity contribution in [2.75, 3.05) is 11.9 Å². The zero-order valence-corrected chi connectivity index (χ0v) is 12.1. The molecule has 0 bridgehead atoms. The van der Waals surface area contributed by atoms with E-state index in [9.17, 15) is 9.59 Å². The van der Waals surface area contributed by atoms with Crippen molar-refractivity contribution < 1.29 is 19.1 Å². The first kappa shape index (κ1) is 16.5. The number of ether oxygens (including phenoxy) is 2. The lowest BCUT2D eigenvalue weighted by atomic mass is 10.2. The van der Waals surface area contributed by atoms with Gasteiger partial charge in [0.25, 0.3) is 0 Å². The predicted molar refractivity (Wildman–Crippen MR) is 76.6 cm³/mol. The molecule has 0 aliphatic rings. The molecule has 0 spiro atoms. The number of anilines is 1. The van der Waals surface area contributed by atoms with E-state index in [1.807, 2.05) is 13.0 Å². The molecule has 0 fully saturated rings. The van der Waals surface area contributed by atoms with E-state index in [0.29, 0.717) is 17.9 Å². The lowest BCUT2D eigenvalue weighted by molar-refractivity contribution is -0.152. The highest BCUT2D eigenvalue weighted by atomic mass is 16.6. The minimum Gasteiger partial charge on any atom is -0.463 e. The van der Waals surface area contributed by atoms with Crippen LogP contribution in [0.5, 0.6) is 0 Å². The summed E-state index contributed by atoms with van der Waals surface area (Å²) in [6, 6.07) is 8.34. The Hall–Kier alpha value is -2.55. The van der Waals surface area contributed by atoms with Crippen LogP contribution in [0, 0.1) is 11.3 Å². The van der Waals surface area contributed by atoms with Gasteiger partial charge in [0, 0.05) is 5.69 Å². The lowest BCUT2D eigenvalue weighted by Gasteiger charge is -2.13. The summed E-state index contributed by atoms with van der Waals surface area (Å²) in [6.45, 7) is 3.74. The van der Waals surface area contributed by atoms with E-state index < -0.39 is 18.2 Å². The Morgan fingerprint density at radius 2 is 2.19 bits per heavy atom. The molecule has 0 saturated carbocycles. The molecule has 0 aliphatic heterocycles. The number of nitrogens with one attached hydrogen (secondary N) is 1. The molecule has 1 rings (SSSR count). The van der Waals surface area contributed by atoms with Crippen LogP contribution < -0.4 is 5.32 Å². The van der Waals surface area contributed by atoms with Gasteiger partial charge in [-0.1, -0.05) is 19.4 Å². The van der Waals surface area contributed by atoms with Crippen molar-refractivity contribution in [3.05, 3.63) is 29.8 Å². The minimum atomic E-state index is -0.985. The first-order valence-corrected chi connectivity index (χ1v) is 6.71. The van der Waals surface area contributed by atoms with Crippen molar-refractivity contribution >= 4 is 17.7 Å². The van der Waals surface area contributed by atoms with Crippen LogP contribution in [0.15, 0.2) is 24.3 Å². The second-order valence-electron chi connectivity index (χ2n) is 4.39. The van der Waals surface area contributed by atoms with E-state index in [2.05, 4.69) is 5.32 Å². The fraction of sp³-hybridized carbons (Fsp3) is 0.400. The van der Waals surface area contributed by atoms with Crippen LogP contribution >= 0.6 is 0 Å². The Bertz CT molecular complexity index is 537. The second-order valence-corrected chi connectivity index (χ2v) is 4.39. The monoisotopic (exact) mass is 290 g/mol. The summed E-state index contributed by atoms with van der Waals surface area (Å²) in [5.74, 6) is -0.579. The molecule has 0 aliphatic carbocycles. The predicted octanol–water partition coefficient (Wildman–Crippen LogP) is 2.84. The molecule has 6 nitrogen and oxygen atoms in total. The van der Waals surface area contributed by atoms with Gasteiger partial charge in [0.2, 0.25) is 0 Å². The van der Waals surface area contributed by atoms with Crippen LogP contribution in [0.2, 0.25) is 0 Å². The highest BCUT2D eigenvalue weighted by molar-refractivity contribution is 5.87. The smallest absolute Gasteiger partial charge is 0.412 e. The molecule has 0 radical (unpaired) electrons. The molecule has 1 aromatic rings. The molecule has 0 heterocycles. The van der Waals surface area contributed by atoms with Crippen LogP contribution in [0.25, 0.3) is 0 Å². The van der Waals surface area contributed by atoms with Gasteiger partial charge >= 0.3 is 12.1 Å². The van der Waals surface area contributed by atoms with Crippen LogP contribution in [0.4, 0.5) is 10.5 Å². The van der Waals surface area contributed by atoms with Crippen molar-refractivity contribution in [2.24, 2.45) is 0 Å². The van der Waals surface area contributed by atoms with Gasteiger partial charge in [0.15, 0.2) is 6.10 Å². The second kappa shape index (κ2) is 8.59. The van der Waals surface area contributed by atoms with Gasteiger partial charge in [-0.15, -0.1) is 0 Å². The van der Waals surface area contributed by atoms with E-state index in [4.69, 9.17) is 14.7 Å². The molecule has 1 N–H and O–H groups in total. The van der Waals surface area contributed by atoms with E-state index in [0.717, 1.165) is 12.8 Å². The summed E-state index contributed by atoms with van der Waals surface area (Å²) in [6.07, 6.45) is -0.0739. The van der Waals surface area contributed by atoms with E-state index >= 15 is 0 Å². The molecule has 0 saturated heterocycles. The fourth-order valence-electron chi connectivity index (χ4n) is 1.46. The number of hydrogen-bond acceptors (Lipinski definition) is 5. The molecule has 6 heteroatoms. The van der Waals surface area contributed by atoms with Crippen molar-refractivity contribution in [3.63, 3.8) is 0 Å². The van der Waals surface area contributed by atoms with Gasteiger partial charge in [-0.2, -0.15) is 5.26 Å². The Morgan fingerprint density at radius 3 is 2.86 bits per heavy atom. The molecular formula is C15H18N2O4. The Balaban J connectivity index is 2.45. The topological polar surface area (TPSA) is 88.4 Å². The molecule has 1 unspecified atom stereocenters. The third kappa shape index (κ3) is 5.95. The number of benzene rings is 1. The summed E-state index contributed by atoms with van der Waals surface area (Å²) in [7, 11) is 0. The SMILES string of the molecule is CCCCOC(=O)C(C)OC(=O)Nc1cccc(C#N)c1. The third-order valence-corrected chi connectivity index (χ3v) is 2.60. The highest BCUT2D eigenvalue weighted by Gasteiger charge is 2.19. The minimum absolute atomic E-state index is 0.314. The first-order chi connectivity index (χ1) is 10.1. The van der Waals surface area contributed by atoms with E-state index in [-0.39, 0.29) is 0 Å². The van der Waals surface area contributed by atoms with Crippen molar-refractivity contribution in [1.82, 2.24) is 0 Å². The summed E-state index contributed by atoms with van der Waals surface area (Å²) in [5, 5.41) is 11.2. The number of unbranched alkanes of at least 4 members (excludes halogenated alkanes) is 1. The number of carbonyl (C=O) groups is 2. The molecule has 0 aromatic heterocycles. The largest absolute Gasteiger partial charge is 0.463 e. The standard InChI is InChI=1S/C15H18N2O4/c1-3-4-8-20-14(18)11(2)21-15(19)17-13-7-5-6-12(9-13)10-16/h5-7,9,11H,3-4,8H2,1-2H3,(H,17,19). The van der Waals surface area contributed by atoms with Crippen LogP contribution in [0.3, 0.4) is 0 Å². The van der Waals surface area contributed by atoms with E-state index in [1.54, 1.807) is 18.2 Å². The van der Waals surface area contributed by atoms with Crippen LogP contribution in [-0.4, -0.2) is 24.8 Å². The maximum Gasteiger partial charge on any atom is 0.412 e. The van der Waals surface area contributed by atoms with Crippen LogP contribution in [-0.2, 0) is 14.3 Å². The molecular weight excluding hydrogens is 272 g/mol. The molecule has 112 valence electrons. The zero-order valence-electron chi connectivity index (χ0n) is 12.1. The maximum atomic E-state index is 11.6. The zero-order chi connectivity index (χ0) is 15.7. The molecule has 21 heavy (non-hydrogen) atoms. The van der Waals surface area contributed by atoms with Crippen molar-refractivity contribution in [2.45, 2.75) is 32.8 Å². The Morgan fingerprint density at radius 1 is 1.43 bits per heavy atom. The van der Waals surface area contributed by atoms with Gasteiger partial charge in [-0.05, 0) is 31.5 Å². The number of hydrogen-bond donors (Lipinski definition) is 1. The van der Waals surface area contributed by atoms with Crippen molar-refractivity contribution in [3.8, 4) is 6.07 Å². The summed E-state index contributed by atoms with van der Waals surface area (Å²) >= 11 is 0. The lowest BCUT2D eigenvalue weighted by Crippen LogP contribution is -2.28. The maximum absolute atomic E-state index is 11.6.